The van der Waals surface area contributed by atoms with Crippen molar-refractivity contribution in [1.82, 2.24) is 4.31 Å². The van der Waals surface area contributed by atoms with Crippen molar-refractivity contribution in [2.24, 2.45) is 11.8 Å². The summed E-state index contributed by atoms with van der Waals surface area (Å²) in [5.41, 5.74) is 1.48. The predicted octanol–water partition coefficient (Wildman–Crippen LogP) is 4.26. The number of hydrogen-bond acceptors (Lipinski definition) is 2. The molecule has 0 unspecified atom stereocenters. The molecule has 120 valence electrons. The lowest BCUT2D eigenvalue weighted by molar-refractivity contribution is 0.333. The molecule has 0 aliphatic rings. The highest BCUT2D eigenvalue weighted by Gasteiger charge is 2.27. The van der Waals surface area contributed by atoms with Gasteiger partial charge in [-0.25, -0.2) is 8.42 Å². The second-order valence-electron chi connectivity index (χ2n) is 6.48. The van der Waals surface area contributed by atoms with Crippen LogP contribution in [0.25, 0.3) is 0 Å². The molecule has 5 heteroatoms. The van der Waals surface area contributed by atoms with Crippen LogP contribution < -0.4 is 0 Å². The van der Waals surface area contributed by atoms with E-state index in [9.17, 15) is 8.42 Å². The Hall–Kier alpha value is -0.580. The molecule has 0 aliphatic heterocycles. The number of nitrogens with zero attached hydrogens (tertiary/aromatic N) is 1. The van der Waals surface area contributed by atoms with Crippen LogP contribution in [0.1, 0.15) is 38.8 Å². The molecule has 0 bridgehead atoms. The van der Waals surface area contributed by atoms with E-state index in [-0.39, 0.29) is 11.8 Å². The molecule has 21 heavy (non-hydrogen) atoms. The molecule has 0 saturated carbocycles. The van der Waals surface area contributed by atoms with Crippen molar-refractivity contribution < 1.29 is 8.42 Å². The summed E-state index contributed by atoms with van der Waals surface area (Å²) in [5, 5.41) is 0.603. The number of sulfonamides is 1. The summed E-state index contributed by atoms with van der Waals surface area (Å²) >= 11 is 6.08. The van der Waals surface area contributed by atoms with Gasteiger partial charge in [-0.3, -0.25) is 0 Å². The first-order valence-corrected chi connectivity index (χ1v) is 9.14. The van der Waals surface area contributed by atoms with Crippen LogP contribution in [0.3, 0.4) is 0 Å². The molecule has 0 radical (unpaired) electrons. The smallest absolute Gasteiger partial charge is 0.207 e. The second-order valence-corrected chi connectivity index (χ2v) is 8.79. The van der Waals surface area contributed by atoms with Gasteiger partial charge in [0.1, 0.15) is 0 Å². The van der Waals surface area contributed by atoms with Crippen molar-refractivity contribution in [3.8, 4) is 0 Å². The molecule has 1 aromatic carbocycles. The SMILES string of the molecule is Cc1cc(S(=O)(=O)N(CC(C)C)CC(C)C)c(C)cc1Cl. The number of benzene rings is 1. The van der Waals surface area contributed by atoms with Crippen LogP contribution in [0.5, 0.6) is 0 Å². The molecule has 0 saturated heterocycles. The Labute approximate surface area is 134 Å². The number of aryl methyl sites for hydroxylation is 2. The van der Waals surface area contributed by atoms with Gasteiger partial charge < -0.3 is 0 Å². The first-order chi connectivity index (χ1) is 9.55. The molecule has 0 fully saturated rings. The van der Waals surface area contributed by atoms with E-state index < -0.39 is 10.0 Å². The summed E-state index contributed by atoms with van der Waals surface area (Å²) in [7, 11) is -3.49. The van der Waals surface area contributed by atoms with E-state index in [4.69, 9.17) is 11.6 Å². The minimum absolute atomic E-state index is 0.284. The third-order valence-corrected chi connectivity index (χ3v) is 5.59. The van der Waals surface area contributed by atoms with Crippen molar-refractivity contribution in [1.29, 1.82) is 0 Å². The molecule has 0 aliphatic carbocycles. The minimum atomic E-state index is -3.49. The van der Waals surface area contributed by atoms with Gasteiger partial charge in [0.25, 0.3) is 0 Å². The third-order valence-electron chi connectivity index (χ3n) is 3.21. The normalized spacial score (nSPS) is 12.7. The lowest BCUT2D eigenvalue weighted by atomic mass is 10.2. The molecule has 0 atom stereocenters. The maximum absolute atomic E-state index is 13.0. The van der Waals surface area contributed by atoms with Gasteiger partial charge in [-0.1, -0.05) is 39.3 Å². The number of rotatable bonds is 6. The fourth-order valence-electron chi connectivity index (χ4n) is 2.26. The third kappa shape index (κ3) is 4.70. The van der Waals surface area contributed by atoms with Gasteiger partial charge in [-0.05, 0) is 48.9 Å². The second kappa shape index (κ2) is 7.12. The Kier molecular flexibility index (Phi) is 6.26. The maximum atomic E-state index is 13.0. The zero-order valence-electron chi connectivity index (χ0n) is 13.8. The predicted molar refractivity (Wildman–Crippen MR) is 89.4 cm³/mol. The number of halogens is 1. The van der Waals surface area contributed by atoms with Crippen molar-refractivity contribution >= 4 is 21.6 Å². The molecule has 1 rings (SSSR count). The van der Waals surface area contributed by atoms with E-state index in [2.05, 4.69) is 0 Å². The van der Waals surface area contributed by atoms with E-state index in [0.717, 1.165) is 5.56 Å². The van der Waals surface area contributed by atoms with Gasteiger partial charge >= 0.3 is 0 Å². The van der Waals surface area contributed by atoms with Crippen LogP contribution in [0.2, 0.25) is 5.02 Å². The fraction of sp³-hybridized carbons (Fsp3) is 0.625. The van der Waals surface area contributed by atoms with Crippen molar-refractivity contribution in [3.05, 3.63) is 28.3 Å². The molecule has 1 aromatic rings. The zero-order valence-corrected chi connectivity index (χ0v) is 15.3. The first-order valence-electron chi connectivity index (χ1n) is 7.32. The quantitative estimate of drug-likeness (QED) is 0.781. The summed E-state index contributed by atoms with van der Waals surface area (Å²) in [6.07, 6.45) is 0. The molecule has 0 aromatic heterocycles. The average Bonchev–Trinajstić information content (AvgIpc) is 2.31. The van der Waals surface area contributed by atoms with Crippen LogP contribution >= 0.6 is 11.6 Å². The Bertz CT molecular complexity index is 585. The number of hydrogen-bond donors (Lipinski definition) is 0. The highest BCUT2D eigenvalue weighted by molar-refractivity contribution is 7.89. The van der Waals surface area contributed by atoms with Crippen LogP contribution in [0.4, 0.5) is 0 Å². The van der Waals surface area contributed by atoms with Gasteiger partial charge in [0.2, 0.25) is 10.0 Å². The van der Waals surface area contributed by atoms with Crippen molar-refractivity contribution in [2.75, 3.05) is 13.1 Å². The van der Waals surface area contributed by atoms with Gasteiger partial charge in [0.05, 0.1) is 4.90 Å². The monoisotopic (exact) mass is 331 g/mol. The summed E-state index contributed by atoms with van der Waals surface area (Å²) in [5.74, 6) is 0.569. The lowest BCUT2D eigenvalue weighted by Gasteiger charge is -2.26. The molecule has 0 N–H and O–H groups in total. The summed E-state index contributed by atoms with van der Waals surface area (Å²) in [4.78, 5) is 0.366. The van der Waals surface area contributed by atoms with E-state index in [0.29, 0.717) is 28.6 Å². The molecular formula is C16H26ClNO2S. The summed E-state index contributed by atoms with van der Waals surface area (Å²) in [6.45, 7) is 12.8. The van der Waals surface area contributed by atoms with Crippen LogP contribution in [-0.4, -0.2) is 25.8 Å². The Balaban J connectivity index is 3.31. The van der Waals surface area contributed by atoms with E-state index in [1.165, 1.54) is 0 Å². The average molecular weight is 332 g/mol. The largest absolute Gasteiger partial charge is 0.243 e. The molecule has 0 amide bonds. The highest BCUT2D eigenvalue weighted by Crippen LogP contribution is 2.27. The van der Waals surface area contributed by atoms with Crippen molar-refractivity contribution in [3.63, 3.8) is 0 Å². The lowest BCUT2D eigenvalue weighted by Crippen LogP contribution is -2.37. The van der Waals surface area contributed by atoms with Gasteiger partial charge in [0, 0.05) is 18.1 Å². The van der Waals surface area contributed by atoms with Gasteiger partial charge in [0.15, 0.2) is 0 Å². The topological polar surface area (TPSA) is 37.4 Å². The molecular weight excluding hydrogens is 306 g/mol. The molecule has 3 nitrogen and oxygen atoms in total. The molecule has 0 heterocycles. The Morgan fingerprint density at radius 2 is 1.48 bits per heavy atom. The van der Waals surface area contributed by atoms with E-state index in [1.54, 1.807) is 23.4 Å². The van der Waals surface area contributed by atoms with E-state index in [1.807, 2.05) is 34.6 Å². The first kappa shape index (κ1) is 18.5. The standard InChI is InChI=1S/C16H26ClNO2S/c1-11(2)9-18(10-12(3)4)21(19,20)16-8-13(5)15(17)7-14(16)6/h7-8,11-12H,9-10H2,1-6H3. The summed E-state index contributed by atoms with van der Waals surface area (Å²) < 4.78 is 27.5. The van der Waals surface area contributed by atoms with Crippen molar-refractivity contribution in [2.45, 2.75) is 46.4 Å². The minimum Gasteiger partial charge on any atom is -0.207 e. The van der Waals surface area contributed by atoms with Crippen LogP contribution in [-0.2, 0) is 10.0 Å². The van der Waals surface area contributed by atoms with Crippen LogP contribution in [0, 0.1) is 25.7 Å². The van der Waals surface area contributed by atoms with Gasteiger partial charge in [-0.2, -0.15) is 4.31 Å². The highest BCUT2D eigenvalue weighted by atomic mass is 35.5. The Morgan fingerprint density at radius 3 is 1.90 bits per heavy atom. The van der Waals surface area contributed by atoms with E-state index >= 15 is 0 Å². The van der Waals surface area contributed by atoms with Gasteiger partial charge in [-0.15, -0.1) is 0 Å². The fourth-order valence-corrected chi connectivity index (χ4v) is 4.53. The van der Waals surface area contributed by atoms with Crippen LogP contribution in [0.15, 0.2) is 17.0 Å². The Morgan fingerprint density at radius 1 is 1.00 bits per heavy atom. The summed E-state index contributed by atoms with van der Waals surface area (Å²) in [6, 6.07) is 3.41. The maximum Gasteiger partial charge on any atom is 0.243 e. The molecule has 0 spiro atoms. The zero-order chi connectivity index (χ0) is 16.4.